The van der Waals surface area contributed by atoms with Gasteiger partial charge in [0.15, 0.2) is 0 Å². The first-order valence-corrected chi connectivity index (χ1v) is 13.0. The van der Waals surface area contributed by atoms with Crippen LogP contribution in [0, 0.1) is 0 Å². The third-order valence-electron chi connectivity index (χ3n) is 6.42. The van der Waals surface area contributed by atoms with E-state index in [1.54, 1.807) is 32.7 Å². The lowest BCUT2D eigenvalue weighted by molar-refractivity contribution is -0.127. The van der Waals surface area contributed by atoms with Crippen molar-refractivity contribution in [2.24, 2.45) is 0 Å². The van der Waals surface area contributed by atoms with Crippen molar-refractivity contribution < 1.29 is 9.59 Å². The number of rotatable bonds is 5. The van der Waals surface area contributed by atoms with Crippen molar-refractivity contribution in [3.05, 3.63) is 53.5 Å². The molecule has 1 N–H and O–H groups in total. The molecule has 0 bridgehead atoms. The lowest BCUT2D eigenvalue weighted by atomic mass is 9.93. The predicted octanol–water partition coefficient (Wildman–Crippen LogP) is 4.81. The number of hydrogen-bond acceptors (Lipinski definition) is 5. The van der Waals surface area contributed by atoms with Gasteiger partial charge in [-0.05, 0) is 61.7 Å². The number of aromatic nitrogens is 2. The molecule has 1 atom stereocenters. The Kier molecular flexibility index (Phi) is 5.59. The summed E-state index contributed by atoms with van der Waals surface area (Å²) in [4.78, 5) is 31.2. The normalized spacial score (nSPS) is 21.1. The summed E-state index contributed by atoms with van der Waals surface area (Å²) in [5, 5.41) is 9.93. The largest absolute Gasteiger partial charge is 0.351 e. The molecule has 32 heavy (non-hydrogen) atoms. The molecule has 3 aromatic rings. The highest BCUT2D eigenvalue weighted by Gasteiger charge is 2.49. The Bertz CT molecular complexity index is 1150. The number of hydrogen-bond donors (Lipinski definition) is 1. The molecule has 1 saturated carbocycles. The van der Waals surface area contributed by atoms with Gasteiger partial charge >= 0.3 is 0 Å². The van der Waals surface area contributed by atoms with Crippen LogP contribution in [0.15, 0.2) is 52.7 Å². The van der Waals surface area contributed by atoms with Crippen molar-refractivity contribution >= 4 is 40.6 Å². The molecule has 1 fully saturated rings. The van der Waals surface area contributed by atoms with Crippen LogP contribution in [0.1, 0.15) is 43.1 Å². The number of carbonyl (C=O) groups is 2. The topological polar surface area (TPSA) is 67.2 Å². The van der Waals surface area contributed by atoms with Crippen molar-refractivity contribution in [3.8, 4) is 10.6 Å². The van der Waals surface area contributed by atoms with Crippen molar-refractivity contribution in [2.45, 2.75) is 55.6 Å². The van der Waals surface area contributed by atoms with Crippen LogP contribution in [0.4, 0.5) is 5.69 Å². The quantitative estimate of drug-likeness (QED) is 0.548. The van der Waals surface area contributed by atoms with Crippen LogP contribution in [0.5, 0.6) is 0 Å². The third kappa shape index (κ3) is 3.65. The summed E-state index contributed by atoms with van der Waals surface area (Å²) in [6.45, 7) is 2.16. The molecule has 3 heterocycles. The van der Waals surface area contributed by atoms with Crippen LogP contribution in [0.25, 0.3) is 10.6 Å². The Labute approximate surface area is 196 Å². The highest BCUT2D eigenvalue weighted by atomic mass is 32.2. The van der Waals surface area contributed by atoms with Gasteiger partial charge in [0.2, 0.25) is 5.91 Å². The van der Waals surface area contributed by atoms with Gasteiger partial charge in [-0.3, -0.25) is 19.2 Å². The summed E-state index contributed by atoms with van der Waals surface area (Å²) in [5.74, 6) is -0.319. The minimum absolute atomic E-state index is 0.119. The van der Waals surface area contributed by atoms with Gasteiger partial charge in [0, 0.05) is 16.6 Å². The second kappa shape index (κ2) is 8.41. The van der Waals surface area contributed by atoms with Gasteiger partial charge in [-0.1, -0.05) is 25.0 Å². The summed E-state index contributed by atoms with van der Waals surface area (Å²) >= 11 is 3.20. The van der Waals surface area contributed by atoms with Crippen molar-refractivity contribution in [1.82, 2.24) is 15.1 Å². The van der Waals surface area contributed by atoms with Gasteiger partial charge < -0.3 is 5.32 Å². The maximum Gasteiger partial charge on any atom is 0.277 e. The Hall–Kier alpha value is -2.58. The summed E-state index contributed by atoms with van der Waals surface area (Å²) in [5.41, 5.74) is 0.925. The molecule has 6 nitrogen and oxygen atoms in total. The van der Waals surface area contributed by atoms with E-state index in [-0.39, 0.29) is 17.9 Å². The Morgan fingerprint density at radius 1 is 1.22 bits per heavy atom. The lowest BCUT2D eigenvalue weighted by Gasteiger charge is -2.43. The number of nitrogens with one attached hydrogen (secondary N) is 1. The monoisotopic (exact) mass is 466 g/mol. The molecular weight excluding hydrogens is 440 g/mol. The molecule has 0 unspecified atom stereocenters. The average molecular weight is 467 g/mol. The molecule has 8 heteroatoms. The Morgan fingerprint density at radius 3 is 2.75 bits per heavy atom. The molecule has 166 valence electrons. The number of thiophene rings is 1. The average Bonchev–Trinajstić information content (AvgIpc) is 3.55. The van der Waals surface area contributed by atoms with E-state index in [9.17, 15) is 9.59 Å². The molecule has 2 aliphatic rings. The first-order valence-electron chi connectivity index (χ1n) is 10.9. The SMILES string of the molecule is CSc1cccc(N2C(=O)c3cc(-c4cccs4)nn3C[C@]2(C)C(=O)NC2CCCC2)c1. The van der Waals surface area contributed by atoms with Gasteiger partial charge in [0.25, 0.3) is 5.91 Å². The zero-order valence-corrected chi connectivity index (χ0v) is 19.8. The summed E-state index contributed by atoms with van der Waals surface area (Å²) < 4.78 is 1.71. The maximum atomic E-state index is 13.8. The zero-order valence-electron chi connectivity index (χ0n) is 18.2. The first kappa shape index (κ1) is 21.3. The van der Waals surface area contributed by atoms with Gasteiger partial charge in [0.1, 0.15) is 16.9 Å². The summed E-state index contributed by atoms with van der Waals surface area (Å²) in [6.07, 6.45) is 6.26. The van der Waals surface area contributed by atoms with Gasteiger partial charge in [-0.2, -0.15) is 5.10 Å². The standard InChI is InChI=1S/C24H26N4O2S2/c1-24(23(30)25-16-7-3-4-8-16)15-27-20(14-19(26-27)21-11-6-12-32-21)22(29)28(24)17-9-5-10-18(13-17)31-2/h5-6,9-14,16H,3-4,7-8,15H2,1-2H3,(H,25,30)/t24-/m1/s1. The highest BCUT2D eigenvalue weighted by molar-refractivity contribution is 7.98. The molecule has 0 radical (unpaired) electrons. The molecule has 0 saturated heterocycles. The number of fused-ring (bicyclic) bond motifs is 1. The maximum absolute atomic E-state index is 13.8. The molecule has 1 aliphatic carbocycles. The van der Waals surface area contributed by atoms with Crippen molar-refractivity contribution in [3.63, 3.8) is 0 Å². The van der Waals surface area contributed by atoms with Gasteiger partial charge in [-0.15, -0.1) is 23.1 Å². The van der Waals surface area contributed by atoms with Crippen LogP contribution in [-0.4, -0.2) is 39.4 Å². The van der Waals surface area contributed by atoms with Crippen LogP contribution in [0.3, 0.4) is 0 Å². The smallest absolute Gasteiger partial charge is 0.277 e. The zero-order chi connectivity index (χ0) is 22.3. The lowest BCUT2D eigenvalue weighted by Crippen LogP contribution is -2.65. The van der Waals surface area contributed by atoms with E-state index in [0.717, 1.165) is 46.8 Å². The number of anilines is 1. The number of amides is 2. The van der Waals surface area contributed by atoms with Crippen LogP contribution in [0.2, 0.25) is 0 Å². The molecule has 0 spiro atoms. The molecular formula is C24H26N4O2S2. The van der Waals surface area contributed by atoms with E-state index in [2.05, 4.69) is 5.32 Å². The van der Waals surface area contributed by atoms with Crippen LogP contribution in [-0.2, 0) is 11.3 Å². The van der Waals surface area contributed by atoms with Crippen LogP contribution >= 0.6 is 23.1 Å². The molecule has 2 amide bonds. The Morgan fingerprint density at radius 2 is 2.03 bits per heavy atom. The van der Waals surface area contributed by atoms with E-state index in [4.69, 9.17) is 5.10 Å². The summed E-state index contributed by atoms with van der Waals surface area (Å²) in [6, 6.07) is 13.8. The van der Waals surface area contributed by atoms with E-state index >= 15 is 0 Å². The first-order chi connectivity index (χ1) is 15.5. The van der Waals surface area contributed by atoms with Crippen LogP contribution < -0.4 is 10.2 Å². The number of benzene rings is 1. The summed E-state index contributed by atoms with van der Waals surface area (Å²) in [7, 11) is 0. The van der Waals surface area contributed by atoms with Gasteiger partial charge in [-0.25, -0.2) is 0 Å². The van der Waals surface area contributed by atoms with E-state index in [0.29, 0.717) is 12.2 Å². The molecule has 1 aromatic carbocycles. The number of nitrogens with zero attached hydrogens (tertiary/aromatic N) is 3. The minimum atomic E-state index is -1.08. The molecule has 1 aliphatic heterocycles. The molecule has 2 aromatic heterocycles. The van der Waals surface area contributed by atoms with E-state index in [1.165, 1.54) is 0 Å². The van der Waals surface area contributed by atoms with E-state index in [1.807, 2.05) is 61.0 Å². The fraction of sp³-hybridized carbons (Fsp3) is 0.375. The fourth-order valence-electron chi connectivity index (χ4n) is 4.69. The van der Waals surface area contributed by atoms with Crippen molar-refractivity contribution in [1.29, 1.82) is 0 Å². The van der Waals surface area contributed by atoms with Gasteiger partial charge in [0.05, 0.1) is 11.4 Å². The molecule has 5 rings (SSSR count). The third-order valence-corrected chi connectivity index (χ3v) is 8.04. The van der Waals surface area contributed by atoms with E-state index < -0.39 is 5.54 Å². The highest BCUT2D eigenvalue weighted by Crippen LogP contribution is 2.36. The fourth-order valence-corrected chi connectivity index (χ4v) is 5.83. The minimum Gasteiger partial charge on any atom is -0.351 e. The predicted molar refractivity (Wildman–Crippen MR) is 129 cm³/mol. The number of thioether (sulfide) groups is 1. The second-order valence-corrected chi connectivity index (χ2v) is 10.4. The second-order valence-electron chi connectivity index (χ2n) is 8.62. The number of carbonyl (C=O) groups excluding carboxylic acids is 2. The van der Waals surface area contributed by atoms with Crippen molar-refractivity contribution in [2.75, 3.05) is 11.2 Å². The Balaban J connectivity index is 1.59.